The molecule has 2 bridgehead atoms. The fourth-order valence-corrected chi connectivity index (χ4v) is 5.67. The number of hydrogen-bond acceptors (Lipinski definition) is 7. The summed E-state index contributed by atoms with van der Waals surface area (Å²) in [6, 6.07) is 9.79. The van der Waals surface area contributed by atoms with Gasteiger partial charge in [0.25, 0.3) is 5.91 Å². The summed E-state index contributed by atoms with van der Waals surface area (Å²) in [4.78, 5) is 41.2. The highest BCUT2D eigenvalue weighted by Crippen LogP contribution is 2.43. The molecule has 0 saturated heterocycles. The van der Waals surface area contributed by atoms with E-state index >= 15 is 0 Å². The summed E-state index contributed by atoms with van der Waals surface area (Å²) >= 11 is 6.10. The molecule has 2 aromatic carbocycles. The van der Waals surface area contributed by atoms with Crippen LogP contribution in [0.4, 0.5) is 4.39 Å². The van der Waals surface area contributed by atoms with E-state index in [4.69, 9.17) is 25.8 Å². The lowest BCUT2D eigenvalue weighted by atomic mass is 9.76. The number of nitrogens with zero attached hydrogens (tertiary/aromatic N) is 1. The fourth-order valence-electron chi connectivity index (χ4n) is 5.47. The number of fused-ring (bicyclic) bond motifs is 2. The van der Waals surface area contributed by atoms with Crippen molar-refractivity contribution >= 4 is 29.4 Å². The number of halogens is 2. The van der Waals surface area contributed by atoms with Crippen molar-refractivity contribution in [1.29, 1.82) is 0 Å². The van der Waals surface area contributed by atoms with Gasteiger partial charge in [0.05, 0.1) is 19.1 Å². The van der Waals surface area contributed by atoms with Gasteiger partial charge in [0, 0.05) is 43.2 Å². The largest absolute Gasteiger partial charge is 0.493 e. The number of carbonyl (C=O) groups is 3. The number of amides is 2. The second-order valence-corrected chi connectivity index (χ2v) is 11.8. The zero-order chi connectivity index (χ0) is 30.8. The van der Waals surface area contributed by atoms with Crippen molar-refractivity contribution in [3.8, 4) is 11.5 Å². The van der Waals surface area contributed by atoms with Crippen LogP contribution in [0.1, 0.15) is 50.2 Å². The Bertz CT molecular complexity index is 1290. The SMILES string of the molecule is CCOC(=O)C1(CC2CC2)CNC(=O)CCCN(Cc2cc(Cl)ccc2F)CCNC(=O)COc2cc(ccc2OC)C1. The summed E-state index contributed by atoms with van der Waals surface area (Å²) in [5, 5.41) is 6.29. The third-order valence-corrected chi connectivity index (χ3v) is 8.10. The summed E-state index contributed by atoms with van der Waals surface area (Å²) in [6.07, 6.45) is 3.71. The van der Waals surface area contributed by atoms with Crippen molar-refractivity contribution in [2.45, 2.75) is 52.0 Å². The molecule has 1 aliphatic carbocycles. The minimum absolute atomic E-state index is 0.142. The van der Waals surface area contributed by atoms with E-state index in [-0.39, 0.29) is 56.3 Å². The van der Waals surface area contributed by atoms with Crippen molar-refractivity contribution in [2.75, 3.05) is 46.5 Å². The number of nitrogens with one attached hydrogen (secondary N) is 2. The van der Waals surface area contributed by atoms with Crippen molar-refractivity contribution in [1.82, 2.24) is 15.5 Å². The number of carbonyl (C=O) groups excluding carboxylic acids is 3. The van der Waals surface area contributed by atoms with E-state index in [0.717, 1.165) is 18.4 Å². The second-order valence-electron chi connectivity index (χ2n) is 11.3. The predicted molar refractivity (Wildman–Crippen MR) is 161 cm³/mol. The molecule has 1 unspecified atom stereocenters. The summed E-state index contributed by atoms with van der Waals surface area (Å²) in [7, 11) is 1.52. The molecule has 1 fully saturated rings. The van der Waals surface area contributed by atoms with Gasteiger partial charge in [0.2, 0.25) is 5.91 Å². The summed E-state index contributed by atoms with van der Waals surface area (Å²) in [5.41, 5.74) is 0.279. The Hall–Kier alpha value is -3.37. The Morgan fingerprint density at radius 3 is 2.70 bits per heavy atom. The van der Waals surface area contributed by atoms with Gasteiger partial charge in [-0.3, -0.25) is 19.3 Å². The van der Waals surface area contributed by atoms with Crippen LogP contribution in [0.2, 0.25) is 5.02 Å². The molecular weight excluding hydrogens is 577 g/mol. The van der Waals surface area contributed by atoms with Gasteiger partial charge in [0.15, 0.2) is 18.1 Å². The van der Waals surface area contributed by atoms with E-state index in [1.165, 1.54) is 19.2 Å². The smallest absolute Gasteiger partial charge is 0.314 e. The molecule has 9 nitrogen and oxygen atoms in total. The van der Waals surface area contributed by atoms with Crippen molar-refractivity contribution < 1.29 is 33.0 Å². The van der Waals surface area contributed by atoms with E-state index in [2.05, 4.69) is 10.6 Å². The third-order valence-electron chi connectivity index (χ3n) is 7.87. The number of methoxy groups -OCH3 is 1. The number of rotatable bonds is 7. The van der Waals surface area contributed by atoms with Gasteiger partial charge in [-0.05, 0) is 74.5 Å². The Morgan fingerprint density at radius 1 is 1.14 bits per heavy atom. The molecule has 2 aromatic rings. The van der Waals surface area contributed by atoms with Crippen LogP contribution < -0.4 is 20.1 Å². The van der Waals surface area contributed by atoms with Crippen LogP contribution in [0, 0.1) is 17.2 Å². The maximum absolute atomic E-state index is 14.5. The molecule has 234 valence electrons. The van der Waals surface area contributed by atoms with Crippen LogP contribution in [-0.4, -0.2) is 69.2 Å². The highest BCUT2D eigenvalue weighted by atomic mass is 35.5. The normalized spacial score (nSPS) is 21.0. The van der Waals surface area contributed by atoms with Gasteiger partial charge in [-0.1, -0.05) is 30.5 Å². The number of esters is 1. The van der Waals surface area contributed by atoms with Gasteiger partial charge >= 0.3 is 5.97 Å². The van der Waals surface area contributed by atoms with Crippen molar-refractivity contribution in [3.05, 3.63) is 58.4 Å². The monoisotopic (exact) mass is 617 g/mol. The predicted octanol–water partition coefficient (Wildman–Crippen LogP) is 4.29. The standard InChI is InChI=1S/C32H41ClFN3O6/c1-3-42-31(40)32(17-22-6-7-22)18-23-8-11-27(41-2)28(15-23)43-20-30(39)35-12-14-37(13-4-5-29(38)36-21-32)19-24-16-25(33)9-10-26(24)34/h8-11,15-16,22H,3-7,12-14,17-21H2,1-2H3,(H,35,39)(H,36,38). The van der Waals surface area contributed by atoms with Gasteiger partial charge in [-0.15, -0.1) is 0 Å². The van der Waals surface area contributed by atoms with Crippen LogP contribution in [0.15, 0.2) is 36.4 Å². The van der Waals surface area contributed by atoms with Crippen LogP contribution in [0.5, 0.6) is 11.5 Å². The molecule has 1 saturated carbocycles. The van der Waals surface area contributed by atoms with Crippen LogP contribution in [0.3, 0.4) is 0 Å². The first-order valence-corrected chi connectivity index (χ1v) is 15.3. The minimum atomic E-state index is -0.961. The maximum atomic E-state index is 14.5. The highest BCUT2D eigenvalue weighted by Gasteiger charge is 2.44. The van der Waals surface area contributed by atoms with Gasteiger partial charge in [0.1, 0.15) is 5.82 Å². The van der Waals surface area contributed by atoms with Crippen LogP contribution >= 0.6 is 11.6 Å². The fraction of sp³-hybridized carbons (Fsp3) is 0.531. The number of benzene rings is 2. The zero-order valence-electron chi connectivity index (χ0n) is 24.9. The van der Waals surface area contributed by atoms with E-state index in [1.807, 2.05) is 11.0 Å². The summed E-state index contributed by atoms with van der Waals surface area (Å²) in [6.45, 7) is 3.38. The molecule has 2 aliphatic rings. The summed E-state index contributed by atoms with van der Waals surface area (Å²) < 4.78 is 31.4. The van der Waals surface area contributed by atoms with E-state index < -0.39 is 5.41 Å². The van der Waals surface area contributed by atoms with E-state index in [9.17, 15) is 18.8 Å². The van der Waals surface area contributed by atoms with E-state index in [1.54, 1.807) is 25.1 Å². The van der Waals surface area contributed by atoms with Gasteiger partial charge < -0.3 is 24.8 Å². The van der Waals surface area contributed by atoms with Crippen LogP contribution in [0.25, 0.3) is 0 Å². The molecule has 2 N–H and O–H groups in total. The number of hydrogen-bond donors (Lipinski definition) is 2. The molecule has 0 radical (unpaired) electrons. The quantitative estimate of drug-likeness (QED) is 0.447. The Kier molecular flexibility index (Phi) is 11.6. The molecule has 1 aliphatic heterocycles. The zero-order valence-corrected chi connectivity index (χ0v) is 25.6. The lowest BCUT2D eigenvalue weighted by Gasteiger charge is -2.32. The first-order valence-electron chi connectivity index (χ1n) is 14.9. The molecule has 43 heavy (non-hydrogen) atoms. The van der Waals surface area contributed by atoms with Gasteiger partial charge in [-0.25, -0.2) is 4.39 Å². The Labute approximate surface area is 257 Å². The van der Waals surface area contributed by atoms with Crippen molar-refractivity contribution in [2.24, 2.45) is 11.3 Å². The molecule has 11 heteroatoms. The molecule has 0 aromatic heterocycles. The number of ether oxygens (including phenoxy) is 3. The molecule has 0 spiro atoms. The molecule has 1 heterocycles. The Balaban J connectivity index is 1.59. The highest BCUT2D eigenvalue weighted by molar-refractivity contribution is 6.30. The minimum Gasteiger partial charge on any atom is -0.493 e. The van der Waals surface area contributed by atoms with Crippen LogP contribution in [-0.2, 0) is 32.1 Å². The van der Waals surface area contributed by atoms with Crippen molar-refractivity contribution in [3.63, 3.8) is 0 Å². The third kappa shape index (κ3) is 9.56. The molecule has 2 amide bonds. The molecule has 1 atom stereocenters. The molecule has 4 rings (SSSR count). The lowest BCUT2D eigenvalue weighted by molar-refractivity contribution is -0.156. The average Bonchev–Trinajstić information content (AvgIpc) is 3.80. The first kappa shape index (κ1) is 32.5. The lowest BCUT2D eigenvalue weighted by Crippen LogP contribution is -2.46. The Morgan fingerprint density at radius 2 is 1.95 bits per heavy atom. The first-order chi connectivity index (χ1) is 20.7. The van der Waals surface area contributed by atoms with Gasteiger partial charge in [-0.2, -0.15) is 0 Å². The second kappa shape index (κ2) is 15.4. The maximum Gasteiger partial charge on any atom is 0.314 e. The van der Waals surface area contributed by atoms with E-state index in [0.29, 0.717) is 66.9 Å². The average molecular weight is 618 g/mol. The summed E-state index contributed by atoms with van der Waals surface area (Å²) in [5.74, 6) is 0.00543. The molecular formula is C32H41ClFN3O6. The topological polar surface area (TPSA) is 106 Å².